The van der Waals surface area contributed by atoms with Gasteiger partial charge in [0, 0.05) is 24.2 Å². The molecule has 36 heavy (non-hydrogen) atoms. The molecule has 1 aromatic heterocycles. The number of nitrogens with zero attached hydrogens (tertiary/aromatic N) is 2. The van der Waals surface area contributed by atoms with Crippen LogP contribution in [0.15, 0.2) is 42.5 Å². The van der Waals surface area contributed by atoms with Gasteiger partial charge in [-0.05, 0) is 73.4 Å². The monoisotopic (exact) mass is 503 g/mol. The number of carbonyl (C=O) groups is 1. The number of carboxylic acid groups (broad SMARTS) is 1. The first-order chi connectivity index (χ1) is 16.9. The second kappa shape index (κ2) is 10.0. The van der Waals surface area contributed by atoms with Crippen LogP contribution < -0.4 is 10.1 Å². The van der Waals surface area contributed by atoms with Gasteiger partial charge in [0.15, 0.2) is 0 Å². The molecule has 9 heteroatoms. The number of hydrogen-bond acceptors (Lipinski definition) is 4. The van der Waals surface area contributed by atoms with Crippen LogP contribution in [0.25, 0.3) is 11.0 Å². The van der Waals surface area contributed by atoms with Gasteiger partial charge in [0.25, 0.3) is 0 Å². The molecule has 2 atom stereocenters. The zero-order valence-electron chi connectivity index (χ0n) is 20.7. The minimum absolute atomic E-state index is 0.0354. The first kappa shape index (κ1) is 25.9. The number of anilines is 2. The zero-order chi connectivity index (χ0) is 26.1. The van der Waals surface area contributed by atoms with Crippen LogP contribution >= 0.6 is 0 Å². The second-order valence-electron chi connectivity index (χ2n) is 10.6. The van der Waals surface area contributed by atoms with E-state index >= 15 is 0 Å². The molecule has 0 radical (unpaired) electrons. The SMILES string of the molecule is C[C@@H]1C[C@H](n2c(Nc3ccc(C(F)(F)F)cc3)nc3cc(OCCCC(=O)O)ccc32)CC(C)(C)C1. The van der Waals surface area contributed by atoms with E-state index in [1.54, 1.807) is 0 Å². The molecule has 0 spiro atoms. The third-order valence-corrected chi connectivity index (χ3v) is 6.66. The smallest absolute Gasteiger partial charge is 0.416 e. The largest absolute Gasteiger partial charge is 0.494 e. The van der Waals surface area contributed by atoms with Crippen molar-refractivity contribution in [2.75, 3.05) is 11.9 Å². The molecule has 3 aromatic rings. The van der Waals surface area contributed by atoms with Crippen LogP contribution in [0.1, 0.15) is 64.5 Å². The highest BCUT2D eigenvalue weighted by Crippen LogP contribution is 2.46. The number of benzene rings is 2. The van der Waals surface area contributed by atoms with Crippen molar-refractivity contribution in [3.05, 3.63) is 48.0 Å². The molecule has 4 rings (SSSR count). The molecule has 2 aromatic carbocycles. The fourth-order valence-electron chi connectivity index (χ4n) is 5.40. The van der Waals surface area contributed by atoms with Gasteiger partial charge in [-0.25, -0.2) is 4.98 Å². The molecule has 0 saturated heterocycles. The predicted molar refractivity (Wildman–Crippen MR) is 133 cm³/mol. The normalized spacial score (nSPS) is 19.8. The molecule has 1 aliphatic rings. The number of ether oxygens (including phenoxy) is 1. The first-order valence-corrected chi connectivity index (χ1v) is 12.2. The lowest BCUT2D eigenvalue weighted by Gasteiger charge is -2.40. The first-order valence-electron chi connectivity index (χ1n) is 12.2. The summed E-state index contributed by atoms with van der Waals surface area (Å²) < 4.78 is 46.9. The number of rotatable bonds is 8. The molecule has 1 fully saturated rings. The number of carboxylic acids is 1. The fourth-order valence-corrected chi connectivity index (χ4v) is 5.40. The van der Waals surface area contributed by atoms with Crippen molar-refractivity contribution in [1.82, 2.24) is 9.55 Å². The van der Waals surface area contributed by atoms with Crippen molar-refractivity contribution >= 4 is 28.6 Å². The van der Waals surface area contributed by atoms with Gasteiger partial charge in [-0.15, -0.1) is 0 Å². The second-order valence-corrected chi connectivity index (χ2v) is 10.6. The highest BCUT2D eigenvalue weighted by molar-refractivity contribution is 5.81. The molecule has 1 heterocycles. The molecule has 6 nitrogen and oxygen atoms in total. The van der Waals surface area contributed by atoms with E-state index in [9.17, 15) is 18.0 Å². The average Bonchev–Trinajstić information content (AvgIpc) is 3.12. The minimum Gasteiger partial charge on any atom is -0.494 e. The molecule has 1 aliphatic carbocycles. The number of fused-ring (bicyclic) bond motifs is 1. The summed E-state index contributed by atoms with van der Waals surface area (Å²) in [5.41, 5.74) is 1.59. The average molecular weight is 504 g/mol. The Morgan fingerprint density at radius 1 is 1.19 bits per heavy atom. The van der Waals surface area contributed by atoms with Gasteiger partial charge in [-0.2, -0.15) is 13.2 Å². The summed E-state index contributed by atoms with van der Waals surface area (Å²) >= 11 is 0. The molecule has 0 aliphatic heterocycles. The number of aliphatic carboxylic acids is 1. The van der Waals surface area contributed by atoms with Gasteiger partial charge in [0.05, 0.1) is 23.2 Å². The maximum Gasteiger partial charge on any atom is 0.416 e. The Balaban J connectivity index is 1.67. The molecular weight excluding hydrogens is 471 g/mol. The summed E-state index contributed by atoms with van der Waals surface area (Å²) in [6, 6.07) is 10.7. The Morgan fingerprint density at radius 2 is 1.92 bits per heavy atom. The zero-order valence-corrected chi connectivity index (χ0v) is 20.7. The van der Waals surface area contributed by atoms with E-state index in [1.165, 1.54) is 12.1 Å². The van der Waals surface area contributed by atoms with E-state index < -0.39 is 17.7 Å². The molecule has 1 saturated carbocycles. The molecule has 0 amide bonds. The van der Waals surface area contributed by atoms with Crippen LogP contribution in [0, 0.1) is 11.3 Å². The lowest BCUT2D eigenvalue weighted by atomic mass is 9.70. The number of alkyl halides is 3. The summed E-state index contributed by atoms with van der Waals surface area (Å²) in [6.07, 6.45) is -0.893. The van der Waals surface area contributed by atoms with Crippen LogP contribution in [0.2, 0.25) is 0 Å². The quantitative estimate of drug-likeness (QED) is 0.313. The molecular formula is C27H32F3N3O3. The Bertz CT molecular complexity index is 1220. The summed E-state index contributed by atoms with van der Waals surface area (Å²) in [5.74, 6) is 0.821. The van der Waals surface area contributed by atoms with Gasteiger partial charge in [0.1, 0.15) is 5.75 Å². The number of imidazole rings is 1. The predicted octanol–water partition coefficient (Wildman–Crippen LogP) is 7.43. The molecule has 0 bridgehead atoms. The van der Waals surface area contributed by atoms with Crippen molar-refractivity contribution in [3.63, 3.8) is 0 Å². The van der Waals surface area contributed by atoms with E-state index in [2.05, 4.69) is 30.7 Å². The third kappa shape index (κ3) is 6.12. The van der Waals surface area contributed by atoms with Crippen LogP contribution in [-0.2, 0) is 11.0 Å². The van der Waals surface area contributed by atoms with Gasteiger partial charge in [0.2, 0.25) is 5.95 Å². The van der Waals surface area contributed by atoms with E-state index in [-0.39, 0.29) is 24.5 Å². The van der Waals surface area contributed by atoms with Crippen LogP contribution in [0.5, 0.6) is 5.75 Å². The van der Waals surface area contributed by atoms with Crippen molar-refractivity contribution < 1.29 is 27.8 Å². The van der Waals surface area contributed by atoms with Crippen LogP contribution in [0.3, 0.4) is 0 Å². The third-order valence-electron chi connectivity index (χ3n) is 6.66. The lowest BCUT2D eigenvalue weighted by Crippen LogP contribution is -2.29. The Morgan fingerprint density at radius 3 is 2.56 bits per heavy atom. The van der Waals surface area contributed by atoms with E-state index in [4.69, 9.17) is 14.8 Å². The van der Waals surface area contributed by atoms with Crippen LogP contribution in [0.4, 0.5) is 24.8 Å². The van der Waals surface area contributed by atoms with Crippen molar-refractivity contribution in [3.8, 4) is 5.75 Å². The number of halogens is 3. The van der Waals surface area contributed by atoms with E-state index in [0.29, 0.717) is 35.2 Å². The van der Waals surface area contributed by atoms with E-state index in [0.717, 1.165) is 36.9 Å². The summed E-state index contributed by atoms with van der Waals surface area (Å²) in [6.45, 7) is 7.06. The Hall–Kier alpha value is -3.23. The number of hydrogen-bond donors (Lipinski definition) is 2. The van der Waals surface area contributed by atoms with Gasteiger partial charge in [-0.1, -0.05) is 20.8 Å². The standard InChI is InChI=1S/C27H32F3N3O3/c1-17-13-20(16-26(2,3)15-17)33-23-11-10-21(36-12-4-5-24(34)35)14-22(23)32-25(33)31-19-8-6-18(7-9-19)27(28,29)30/h6-11,14,17,20H,4-5,12-13,15-16H2,1-3H3,(H,31,32)(H,34,35)/t17-,20+/m1/s1. The summed E-state index contributed by atoms with van der Waals surface area (Å²) in [5, 5.41) is 12.1. The van der Waals surface area contributed by atoms with Gasteiger partial charge < -0.3 is 19.7 Å². The van der Waals surface area contributed by atoms with Crippen molar-refractivity contribution in [2.24, 2.45) is 11.3 Å². The van der Waals surface area contributed by atoms with E-state index in [1.807, 2.05) is 18.2 Å². The van der Waals surface area contributed by atoms with Crippen LogP contribution in [-0.4, -0.2) is 27.2 Å². The van der Waals surface area contributed by atoms with Crippen molar-refractivity contribution in [2.45, 2.75) is 65.1 Å². The molecule has 0 unspecified atom stereocenters. The topological polar surface area (TPSA) is 76.4 Å². The number of aromatic nitrogens is 2. The highest BCUT2D eigenvalue weighted by Gasteiger charge is 2.35. The Labute approximate surface area is 208 Å². The molecule has 2 N–H and O–H groups in total. The maximum absolute atomic E-state index is 13.0. The number of nitrogens with one attached hydrogen (secondary N) is 1. The van der Waals surface area contributed by atoms with Gasteiger partial charge in [-0.3, -0.25) is 4.79 Å². The summed E-state index contributed by atoms with van der Waals surface area (Å²) in [7, 11) is 0. The van der Waals surface area contributed by atoms with Crippen molar-refractivity contribution in [1.29, 1.82) is 0 Å². The molecule has 194 valence electrons. The van der Waals surface area contributed by atoms with Gasteiger partial charge >= 0.3 is 12.1 Å². The minimum atomic E-state index is -4.39. The maximum atomic E-state index is 13.0. The Kier molecular flexibility index (Phi) is 7.20. The fraction of sp³-hybridized carbons (Fsp3) is 0.481. The summed E-state index contributed by atoms with van der Waals surface area (Å²) in [4.78, 5) is 15.5. The highest BCUT2D eigenvalue weighted by atomic mass is 19.4. The lowest BCUT2D eigenvalue weighted by molar-refractivity contribution is -0.138.